The molecule has 33 heavy (non-hydrogen) atoms. The third kappa shape index (κ3) is 5.50. The van der Waals surface area contributed by atoms with Crippen molar-refractivity contribution in [2.75, 3.05) is 34.0 Å². The van der Waals surface area contributed by atoms with Gasteiger partial charge in [-0.15, -0.1) is 11.3 Å². The van der Waals surface area contributed by atoms with Crippen LogP contribution in [0.3, 0.4) is 0 Å². The molecule has 0 saturated heterocycles. The van der Waals surface area contributed by atoms with Gasteiger partial charge in [-0.05, 0) is 36.1 Å². The predicted molar refractivity (Wildman–Crippen MR) is 136 cm³/mol. The molecule has 0 radical (unpaired) electrons. The zero-order valence-corrected chi connectivity index (χ0v) is 19.9. The summed E-state index contributed by atoms with van der Waals surface area (Å²) in [4.78, 5) is 18.9. The van der Waals surface area contributed by atoms with Crippen LogP contribution in [0.15, 0.2) is 65.0 Å². The van der Waals surface area contributed by atoms with Crippen LogP contribution in [0.1, 0.15) is 28.1 Å². The van der Waals surface area contributed by atoms with Crippen molar-refractivity contribution < 1.29 is 14.3 Å². The molecule has 0 atom stereocenters. The molecule has 4 aromatic rings. The lowest BCUT2D eigenvalue weighted by Gasteiger charge is -2.10. The Labute approximate surface area is 197 Å². The van der Waals surface area contributed by atoms with Crippen LogP contribution >= 0.6 is 11.3 Å². The van der Waals surface area contributed by atoms with Gasteiger partial charge in [0, 0.05) is 54.0 Å². The van der Waals surface area contributed by atoms with E-state index < -0.39 is 0 Å². The maximum atomic E-state index is 13.1. The van der Waals surface area contributed by atoms with Gasteiger partial charge in [-0.25, -0.2) is 0 Å². The van der Waals surface area contributed by atoms with E-state index in [0.717, 1.165) is 23.9 Å². The molecule has 0 bridgehead atoms. The van der Waals surface area contributed by atoms with Crippen LogP contribution in [-0.4, -0.2) is 50.3 Å². The van der Waals surface area contributed by atoms with Crippen molar-refractivity contribution in [3.63, 3.8) is 0 Å². The van der Waals surface area contributed by atoms with Gasteiger partial charge < -0.3 is 19.4 Å². The van der Waals surface area contributed by atoms with Crippen LogP contribution in [0.2, 0.25) is 0 Å². The SMILES string of the molecule is COCCCC(=NCCOC)NC(=O)c1ccc2c3ccccc3n(Cc3cccs3)c2c1. The van der Waals surface area contributed by atoms with E-state index in [-0.39, 0.29) is 5.91 Å². The molecule has 0 spiro atoms. The second kappa shape index (κ2) is 11.2. The van der Waals surface area contributed by atoms with Gasteiger partial charge in [0.05, 0.1) is 25.2 Å². The summed E-state index contributed by atoms with van der Waals surface area (Å²) in [6.07, 6.45) is 1.43. The first-order valence-electron chi connectivity index (χ1n) is 11.1. The van der Waals surface area contributed by atoms with E-state index >= 15 is 0 Å². The number of aliphatic imine (C=N–C) groups is 1. The first kappa shape index (κ1) is 23.2. The first-order chi connectivity index (χ1) is 16.2. The Kier molecular flexibility index (Phi) is 7.88. The topological polar surface area (TPSA) is 64.8 Å². The van der Waals surface area contributed by atoms with Crippen LogP contribution < -0.4 is 5.32 Å². The summed E-state index contributed by atoms with van der Waals surface area (Å²) in [7, 11) is 3.31. The molecule has 0 aliphatic carbocycles. The molecule has 0 fully saturated rings. The number of methoxy groups -OCH3 is 2. The molecule has 2 aromatic carbocycles. The summed E-state index contributed by atoms with van der Waals surface area (Å²) in [6.45, 7) is 2.41. The van der Waals surface area contributed by atoms with Crippen LogP contribution in [0.25, 0.3) is 21.8 Å². The highest BCUT2D eigenvalue weighted by Crippen LogP contribution is 2.31. The maximum absolute atomic E-state index is 13.1. The number of nitrogens with one attached hydrogen (secondary N) is 1. The van der Waals surface area contributed by atoms with Crippen molar-refractivity contribution in [2.45, 2.75) is 19.4 Å². The number of rotatable bonds is 10. The lowest BCUT2D eigenvalue weighted by atomic mass is 10.1. The fourth-order valence-corrected chi connectivity index (χ4v) is 4.65. The molecule has 0 saturated carbocycles. The number of thiophene rings is 1. The largest absolute Gasteiger partial charge is 0.385 e. The van der Waals surface area contributed by atoms with Gasteiger partial charge >= 0.3 is 0 Å². The first-order valence-corrected chi connectivity index (χ1v) is 11.9. The quantitative estimate of drug-likeness (QED) is 0.202. The summed E-state index contributed by atoms with van der Waals surface area (Å²) in [5.74, 6) is 0.506. The molecule has 0 aliphatic rings. The van der Waals surface area contributed by atoms with Gasteiger partial charge in [0.25, 0.3) is 5.91 Å². The minimum atomic E-state index is -0.154. The van der Waals surface area contributed by atoms with Crippen LogP contribution in [0.5, 0.6) is 0 Å². The summed E-state index contributed by atoms with van der Waals surface area (Å²) >= 11 is 1.74. The summed E-state index contributed by atoms with van der Waals surface area (Å²) in [5.41, 5.74) is 2.83. The minimum Gasteiger partial charge on any atom is -0.385 e. The smallest absolute Gasteiger partial charge is 0.256 e. The molecule has 1 amide bonds. The van der Waals surface area contributed by atoms with Gasteiger partial charge in [0.2, 0.25) is 0 Å². The molecular formula is C26H29N3O3S. The van der Waals surface area contributed by atoms with E-state index in [1.807, 2.05) is 18.2 Å². The van der Waals surface area contributed by atoms with Crippen LogP contribution in [0, 0.1) is 0 Å². The van der Waals surface area contributed by atoms with Gasteiger partial charge in [-0.3, -0.25) is 9.79 Å². The number of hydrogen-bond donors (Lipinski definition) is 1. The fraction of sp³-hybridized carbons (Fsp3) is 0.308. The number of hydrogen-bond acceptors (Lipinski definition) is 5. The average molecular weight is 464 g/mol. The molecule has 172 valence electrons. The van der Waals surface area contributed by atoms with E-state index in [4.69, 9.17) is 9.47 Å². The lowest BCUT2D eigenvalue weighted by Crippen LogP contribution is -2.31. The Morgan fingerprint density at radius 1 is 1.00 bits per heavy atom. The van der Waals surface area contributed by atoms with E-state index in [0.29, 0.717) is 37.6 Å². The normalized spacial score (nSPS) is 12.0. The molecule has 2 heterocycles. The minimum absolute atomic E-state index is 0.154. The van der Waals surface area contributed by atoms with Crippen molar-refractivity contribution in [3.05, 3.63) is 70.4 Å². The van der Waals surface area contributed by atoms with Crippen molar-refractivity contribution in [1.29, 1.82) is 0 Å². The monoisotopic (exact) mass is 463 g/mol. The van der Waals surface area contributed by atoms with Gasteiger partial charge in [0.1, 0.15) is 5.84 Å². The van der Waals surface area contributed by atoms with Gasteiger partial charge in [0.15, 0.2) is 0 Å². The number of carbonyl (C=O) groups is 1. The Morgan fingerprint density at radius 3 is 2.61 bits per heavy atom. The number of fused-ring (bicyclic) bond motifs is 3. The number of ether oxygens (including phenoxy) is 2. The van der Waals surface area contributed by atoms with E-state index in [1.165, 1.54) is 15.8 Å². The van der Waals surface area contributed by atoms with Crippen molar-refractivity contribution in [1.82, 2.24) is 9.88 Å². The highest BCUT2D eigenvalue weighted by atomic mass is 32.1. The Bertz CT molecular complexity index is 1240. The molecule has 0 unspecified atom stereocenters. The number of amidine groups is 1. The zero-order valence-electron chi connectivity index (χ0n) is 19.0. The molecule has 4 rings (SSSR count). The molecular weight excluding hydrogens is 434 g/mol. The van der Waals surface area contributed by atoms with Crippen LogP contribution in [0.4, 0.5) is 0 Å². The Hall–Kier alpha value is -3.00. The summed E-state index contributed by atoms with van der Waals surface area (Å²) in [6, 6.07) is 18.5. The number of nitrogens with zero attached hydrogens (tertiary/aromatic N) is 2. The van der Waals surface area contributed by atoms with Gasteiger partial charge in [-0.1, -0.05) is 30.3 Å². The number of carbonyl (C=O) groups excluding carboxylic acids is 1. The van der Waals surface area contributed by atoms with Gasteiger partial charge in [-0.2, -0.15) is 0 Å². The van der Waals surface area contributed by atoms with E-state index in [2.05, 4.69) is 56.7 Å². The van der Waals surface area contributed by atoms with Crippen molar-refractivity contribution in [2.24, 2.45) is 4.99 Å². The van der Waals surface area contributed by atoms with E-state index in [1.54, 1.807) is 25.6 Å². The highest BCUT2D eigenvalue weighted by molar-refractivity contribution is 7.09. The predicted octanol–water partition coefficient (Wildman–Crippen LogP) is 5.11. The van der Waals surface area contributed by atoms with E-state index in [9.17, 15) is 4.79 Å². The maximum Gasteiger partial charge on any atom is 0.256 e. The summed E-state index contributed by atoms with van der Waals surface area (Å²) < 4.78 is 12.5. The molecule has 2 aromatic heterocycles. The third-order valence-corrected chi connectivity index (χ3v) is 6.41. The molecule has 0 aliphatic heterocycles. The standard InChI is InChI=1S/C26H29N3O3S/c1-31-14-5-10-25(27-13-15-32-2)28-26(30)19-11-12-22-21-8-3-4-9-23(21)29(24(22)17-19)18-20-7-6-16-33-20/h3-4,6-9,11-12,16-17H,5,10,13-15,18H2,1-2H3,(H,27,28,30). The second-order valence-electron chi connectivity index (χ2n) is 7.79. The molecule has 6 nitrogen and oxygen atoms in total. The average Bonchev–Trinajstić information content (AvgIpc) is 3.46. The number of aromatic nitrogens is 1. The van der Waals surface area contributed by atoms with Crippen molar-refractivity contribution >= 4 is 44.9 Å². The highest BCUT2D eigenvalue weighted by Gasteiger charge is 2.15. The second-order valence-corrected chi connectivity index (χ2v) is 8.82. The third-order valence-electron chi connectivity index (χ3n) is 5.55. The number of benzene rings is 2. The van der Waals surface area contributed by atoms with Crippen molar-refractivity contribution in [3.8, 4) is 0 Å². The Morgan fingerprint density at radius 2 is 1.82 bits per heavy atom. The number of amides is 1. The molecule has 1 N–H and O–H groups in total. The Balaban J connectivity index is 1.65. The number of para-hydroxylation sites is 1. The summed E-state index contributed by atoms with van der Waals surface area (Å²) in [5, 5.41) is 7.44. The fourth-order valence-electron chi connectivity index (χ4n) is 3.96. The van der Waals surface area contributed by atoms with Crippen LogP contribution in [-0.2, 0) is 16.0 Å². The lowest BCUT2D eigenvalue weighted by molar-refractivity contribution is 0.0975. The molecule has 7 heteroatoms. The zero-order chi connectivity index (χ0) is 23.0.